The first kappa shape index (κ1) is 35.9. The van der Waals surface area contributed by atoms with Crippen molar-refractivity contribution in [1.29, 1.82) is 0 Å². The number of hydrogen-bond donors (Lipinski definition) is 0. The topological polar surface area (TPSA) is 14.8 Å². The molecule has 3 aromatic heterocycles. The van der Waals surface area contributed by atoms with Crippen LogP contribution in [0.1, 0.15) is 0 Å². The maximum Gasteiger partial charge on any atom is 0.0562 e. The zero-order valence-corrected chi connectivity index (χ0v) is 35.4. The Bertz CT molecular complexity index is 4220. The maximum atomic E-state index is 2.50. The Hall–Kier alpha value is -8.66. The molecule has 0 aliphatic carbocycles. The molecule has 0 radical (unpaired) electrons. The SMILES string of the molecule is c1ccc(-c2ccc(-n3c4ccccc4c4cc(-c5ccc6c(c5)c5cc7c8ccccc8n(-c8ccc9ccccc9c8)c7cc5n6-c5cccc6ccccc56)ccc43)cc2)cc1. The molecule has 0 spiro atoms. The van der Waals surface area contributed by atoms with Gasteiger partial charge in [0.05, 0.1) is 38.8 Å². The van der Waals surface area contributed by atoms with Gasteiger partial charge in [0.1, 0.15) is 0 Å². The monoisotopic (exact) mass is 825 g/mol. The summed E-state index contributed by atoms with van der Waals surface area (Å²) in [5.41, 5.74) is 15.5. The normalized spacial score (nSPS) is 12.0. The molecule has 14 aromatic rings. The Labute approximate surface area is 374 Å². The number of rotatable bonds is 5. The van der Waals surface area contributed by atoms with E-state index >= 15 is 0 Å². The molecule has 0 saturated heterocycles. The summed E-state index contributed by atoms with van der Waals surface area (Å²) < 4.78 is 7.36. The van der Waals surface area contributed by atoms with Crippen LogP contribution in [0.25, 0.3) is 126 Å². The summed E-state index contributed by atoms with van der Waals surface area (Å²) in [6.07, 6.45) is 0. The average Bonchev–Trinajstić information content (AvgIpc) is 4.00. The minimum atomic E-state index is 1.15. The van der Waals surface area contributed by atoms with Crippen LogP contribution in [0.4, 0.5) is 0 Å². The molecule has 0 bridgehead atoms. The van der Waals surface area contributed by atoms with Gasteiger partial charge in [-0.3, -0.25) is 0 Å². The zero-order chi connectivity index (χ0) is 42.6. The molecular weight excluding hydrogens is 787 g/mol. The molecule has 3 heterocycles. The van der Waals surface area contributed by atoms with Crippen LogP contribution in [0.3, 0.4) is 0 Å². The van der Waals surface area contributed by atoms with Crippen molar-refractivity contribution in [3.05, 3.63) is 237 Å². The summed E-state index contributed by atoms with van der Waals surface area (Å²) in [6, 6.07) is 87.1. The third kappa shape index (κ3) is 5.43. The van der Waals surface area contributed by atoms with Crippen molar-refractivity contribution in [2.24, 2.45) is 0 Å². The Morgan fingerprint density at radius 1 is 0.200 bits per heavy atom. The summed E-state index contributed by atoms with van der Waals surface area (Å²) in [5.74, 6) is 0. The van der Waals surface area contributed by atoms with Crippen LogP contribution in [-0.2, 0) is 0 Å². The van der Waals surface area contributed by atoms with Crippen LogP contribution in [0.5, 0.6) is 0 Å². The van der Waals surface area contributed by atoms with E-state index < -0.39 is 0 Å². The highest BCUT2D eigenvalue weighted by atomic mass is 15.0. The van der Waals surface area contributed by atoms with Crippen LogP contribution < -0.4 is 0 Å². The van der Waals surface area contributed by atoms with Crippen molar-refractivity contribution in [2.45, 2.75) is 0 Å². The average molecular weight is 826 g/mol. The van der Waals surface area contributed by atoms with Crippen LogP contribution in [0.15, 0.2) is 237 Å². The summed E-state index contributed by atoms with van der Waals surface area (Å²) in [5, 5.41) is 12.4. The van der Waals surface area contributed by atoms with Gasteiger partial charge in [-0.25, -0.2) is 0 Å². The van der Waals surface area contributed by atoms with Crippen LogP contribution in [0.2, 0.25) is 0 Å². The molecule has 0 aliphatic rings. The lowest BCUT2D eigenvalue weighted by molar-refractivity contribution is 1.17. The highest BCUT2D eigenvalue weighted by molar-refractivity contribution is 6.20. The lowest BCUT2D eigenvalue weighted by Crippen LogP contribution is -1.97. The summed E-state index contributed by atoms with van der Waals surface area (Å²) in [4.78, 5) is 0. The van der Waals surface area contributed by atoms with Crippen molar-refractivity contribution in [1.82, 2.24) is 13.7 Å². The molecule has 65 heavy (non-hydrogen) atoms. The van der Waals surface area contributed by atoms with Crippen LogP contribution in [0, 0.1) is 0 Å². The van der Waals surface area contributed by atoms with Gasteiger partial charge in [0.15, 0.2) is 0 Å². The summed E-state index contributed by atoms with van der Waals surface area (Å²) in [6.45, 7) is 0. The zero-order valence-electron chi connectivity index (χ0n) is 35.4. The van der Waals surface area contributed by atoms with Gasteiger partial charge >= 0.3 is 0 Å². The summed E-state index contributed by atoms with van der Waals surface area (Å²) in [7, 11) is 0. The fourth-order valence-corrected chi connectivity index (χ4v) is 10.8. The van der Waals surface area contributed by atoms with E-state index in [2.05, 4.69) is 250 Å². The molecule has 0 saturated carbocycles. The molecule has 0 unspecified atom stereocenters. The molecule has 3 nitrogen and oxygen atoms in total. The molecule has 0 aliphatic heterocycles. The molecule has 14 rings (SSSR count). The van der Waals surface area contributed by atoms with E-state index in [-0.39, 0.29) is 0 Å². The van der Waals surface area contributed by atoms with E-state index in [1.165, 1.54) is 115 Å². The van der Waals surface area contributed by atoms with E-state index in [1.807, 2.05) is 0 Å². The number of para-hydroxylation sites is 2. The van der Waals surface area contributed by atoms with E-state index in [0.717, 1.165) is 11.4 Å². The standard InChI is InChI=1S/C62H39N3/c1-2-13-40(14-3-1)42-25-30-47(31-26-42)63-57-22-10-8-20-50(57)52-36-45(28-33-59(52)63)46-29-34-60-53(37-46)55-38-54-51-21-9-11-23-58(51)64(48-32-27-41-15-4-5-17-44(41)35-48)61(54)39-62(55)65(60)56-24-12-18-43-16-6-7-19-49(43)56/h1-39H. The van der Waals surface area contributed by atoms with Gasteiger partial charge in [0.2, 0.25) is 0 Å². The van der Waals surface area contributed by atoms with Crippen molar-refractivity contribution in [3.63, 3.8) is 0 Å². The summed E-state index contributed by atoms with van der Waals surface area (Å²) >= 11 is 0. The van der Waals surface area contributed by atoms with Crippen molar-refractivity contribution < 1.29 is 0 Å². The minimum Gasteiger partial charge on any atom is -0.309 e. The fraction of sp³-hybridized carbons (Fsp3) is 0. The van der Waals surface area contributed by atoms with Crippen LogP contribution >= 0.6 is 0 Å². The van der Waals surface area contributed by atoms with Gasteiger partial charge in [-0.1, -0.05) is 158 Å². The smallest absolute Gasteiger partial charge is 0.0562 e. The third-order valence-corrected chi connectivity index (χ3v) is 13.8. The first-order chi connectivity index (χ1) is 32.2. The maximum absolute atomic E-state index is 2.50. The predicted molar refractivity (Wildman–Crippen MR) is 275 cm³/mol. The molecule has 3 heteroatoms. The fourth-order valence-electron chi connectivity index (χ4n) is 10.8. The van der Waals surface area contributed by atoms with Gasteiger partial charge in [-0.2, -0.15) is 0 Å². The predicted octanol–water partition coefficient (Wildman–Crippen LogP) is 16.6. The van der Waals surface area contributed by atoms with Crippen molar-refractivity contribution in [3.8, 4) is 39.3 Å². The molecule has 11 aromatic carbocycles. The quantitative estimate of drug-likeness (QED) is 0.164. The lowest BCUT2D eigenvalue weighted by atomic mass is 10.00. The van der Waals surface area contributed by atoms with Gasteiger partial charge in [0, 0.05) is 49.1 Å². The number of hydrogen-bond acceptors (Lipinski definition) is 0. The molecule has 0 fully saturated rings. The van der Waals surface area contributed by atoms with Gasteiger partial charge in [-0.15, -0.1) is 0 Å². The Kier molecular flexibility index (Phi) is 7.69. The highest BCUT2D eigenvalue weighted by Crippen LogP contribution is 2.43. The molecule has 0 amide bonds. The van der Waals surface area contributed by atoms with E-state index in [0.29, 0.717) is 0 Å². The first-order valence-electron chi connectivity index (χ1n) is 22.4. The minimum absolute atomic E-state index is 1.15. The number of benzene rings is 11. The van der Waals surface area contributed by atoms with Gasteiger partial charge < -0.3 is 13.7 Å². The largest absolute Gasteiger partial charge is 0.309 e. The Morgan fingerprint density at radius 2 is 0.677 bits per heavy atom. The second-order valence-electron chi connectivity index (χ2n) is 17.3. The lowest BCUT2D eigenvalue weighted by Gasteiger charge is -2.13. The Balaban J connectivity index is 0.997. The van der Waals surface area contributed by atoms with Crippen molar-refractivity contribution >= 4 is 87.0 Å². The first-order valence-corrected chi connectivity index (χ1v) is 22.4. The van der Waals surface area contributed by atoms with Crippen LogP contribution in [-0.4, -0.2) is 13.7 Å². The number of aromatic nitrogens is 3. The van der Waals surface area contributed by atoms with E-state index in [9.17, 15) is 0 Å². The number of nitrogens with zero attached hydrogens (tertiary/aromatic N) is 3. The molecule has 0 N–H and O–H groups in total. The molecule has 302 valence electrons. The second kappa shape index (κ2) is 13.9. The highest BCUT2D eigenvalue weighted by Gasteiger charge is 2.21. The molecular formula is C62H39N3. The van der Waals surface area contributed by atoms with E-state index in [4.69, 9.17) is 0 Å². The van der Waals surface area contributed by atoms with Gasteiger partial charge in [0.25, 0.3) is 0 Å². The molecule has 0 atom stereocenters. The van der Waals surface area contributed by atoms with Crippen molar-refractivity contribution in [2.75, 3.05) is 0 Å². The second-order valence-corrected chi connectivity index (χ2v) is 17.3. The van der Waals surface area contributed by atoms with Gasteiger partial charge in [-0.05, 0) is 117 Å². The van der Waals surface area contributed by atoms with E-state index in [1.54, 1.807) is 0 Å². The number of fused-ring (bicyclic) bond motifs is 11. The Morgan fingerprint density at radius 3 is 1.42 bits per heavy atom. The third-order valence-electron chi connectivity index (χ3n) is 13.8.